The number of rotatable bonds is 2. The molecule has 0 aliphatic heterocycles. The van der Waals surface area contributed by atoms with Gasteiger partial charge in [-0.3, -0.25) is 4.68 Å². The van der Waals surface area contributed by atoms with Crippen LogP contribution in [0.3, 0.4) is 0 Å². The molecule has 0 atom stereocenters. The first-order valence-electron chi connectivity index (χ1n) is 2.50. The highest BCUT2D eigenvalue weighted by atomic mass is 35.5. The van der Waals surface area contributed by atoms with Gasteiger partial charge in [-0.2, -0.15) is 5.10 Å². The average Bonchev–Trinajstić information content (AvgIpc) is 2.13. The van der Waals surface area contributed by atoms with Crippen molar-refractivity contribution in [1.29, 1.82) is 0 Å². The SMILES string of the molecule is FC(F)Cn1[c]c(Cl)[c]n1. The molecule has 0 N–H and O–H groups in total. The standard InChI is InChI=1S/C5H3ClF2N2/c6-4-1-9-10(2-4)3-5(7)8/h5H,3H2. The highest BCUT2D eigenvalue weighted by Gasteiger charge is 2.04. The van der Waals surface area contributed by atoms with E-state index < -0.39 is 13.0 Å². The lowest BCUT2D eigenvalue weighted by Gasteiger charge is -1.95. The van der Waals surface area contributed by atoms with Gasteiger partial charge in [-0.25, -0.2) is 8.78 Å². The third kappa shape index (κ3) is 1.95. The van der Waals surface area contributed by atoms with Crippen LogP contribution in [0.4, 0.5) is 8.78 Å². The van der Waals surface area contributed by atoms with Crippen LogP contribution in [0.25, 0.3) is 0 Å². The van der Waals surface area contributed by atoms with E-state index in [1.165, 1.54) is 0 Å². The Kier molecular flexibility index (Phi) is 2.21. The lowest BCUT2D eigenvalue weighted by Crippen LogP contribution is -2.06. The van der Waals surface area contributed by atoms with Crippen molar-refractivity contribution < 1.29 is 8.78 Å². The summed E-state index contributed by atoms with van der Waals surface area (Å²) < 4.78 is 24.1. The summed E-state index contributed by atoms with van der Waals surface area (Å²) in [5, 5.41) is 3.51. The fourth-order valence-corrected chi connectivity index (χ4v) is 0.620. The molecule has 2 nitrogen and oxygen atoms in total. The number of hydrogen-bond donors (Lipinski definition) is 0. The number of nitrogens with zero attached hydrogens (tertiary/aromatic N) is 2. The quantitative estimate of drug-likeness (QED) is 0.646. The van der Waals surface area contributed by atoms with Crippen LogP contribution in [-0.2, 0) is 6.54 Å². The minimum Gasteiger partial charge on any atom is -0.255 e. The first-order chi connectivity index (χ1) is 4.68. The van der Waals surface area contributed by atoms with E-state index in [4.69, 9.17) is 11.6 Å². The molecule has 54 valence electrons. The molecule has 0 bridgehead atoms. The number of alkyl halides is 2. The van der Waals surface area contributed by atoms with Crippen LogP contribution in [0.15, 0.2) is 0 Å². The van der Waals surface area contributed by atoms with Crippen molar-refractivity contribution in [1.82, 2.24) is 9.78 Å². The molecule has 1 aromatic heterocycles. The van der Waals surface area contributed by atoms with E-state index in [0.29, 0.717) is 0 Å². The maximum absolute atomic E-state index is 11.6. The molecule has 0 amide bonds. The fraction of sp³-hybridized carbons (Fsp3) is 0.400. The highest BCUT2D eigenvalue weighted by molar-refractivity contribution is 6.30. The summed E-state index contributed by atoms with van der Waals surface area (Å²) in [6.45, 7) is -0.483. The molecule has 0 aromatic carbocycles. The Morgan fingerprint density at radius 2 is 2.40 bits per heavy atom. The predicted molar refractivity (Wildman–Crippen MR) is 30.9 cm³/mol. The van der Waals surface area contributed by atoms with Crippen molar-refractivity contribution in [2.45, 2.75) is 13.0 Å². The normalized spacial score (nSPS) is 10.8. The zero-order valence-corrected chi connectivity index (χ0v) is 5.57. The van der Waals surface area contributed by atoms with Gasteiger partial charge in [-0.15, -0.1) is 0 Å². The molecule has 1 heterocycles. The number of aromatic nitrogens is 2. The summed E-state index contributed by atoms with van der Waals surface area (Å²) in [5.74, 6) is 0. The highest BCUT2D eigenvalue weighted by Crippen LogP contribution is 2.04. The molecule has 0 fully saturated rings. The molecular formula is C5H3ClF2N2. The van der Waals surface area contributed by atoms with Crippen molar-refractivity contribution in [2.24, 2.45) is 0 Å². The van der Waals surface area contributed by atoms with Crippen LogP contribution in [0.2, 0.25) is 5.02 Å². The summed E-state index contributed by atoms with van der Waals surface area (Å²) in [6, 6.07) is 0. The van der Waals surface area contributed by atoms with Gasteiger partial charge in [0.25, 0.3) is 6.43 Å². The molecule has 1 aromatic rings. The van der Waals surface area contributed by atoms with E-state index in [2.05, 4.69) is 17.5 Å². The van der Waals surface area contributed by atoms with Crippen molar-refractivity contribution in [3.8, 4) is 0 Å². The third-order valence-corrected chi connectivity index (χ3v) is 0.976. The van der Waals surface area contributed by atoms with Gasteiger partial charge in [-0.05, 0) is 0 Å². The summed E-state index contributed by atoms with van der Waals surface area (Å²) in [4.78, 5) is 0. The summed E-state index contributed by atoms with van der Waals surface area (Å²) >= 11 is 5.30. The van der Waals surface area contributed by atoms with Crippen molar-refractivity contribution in [2.75, 3.05) is 0 Å². The Hall–Kier alpha value is -0.640. The maximum Gasteiger partial charge on any atom is 0.257 e. The molecule has 0 aliphatic rings. The Morgan fingerprint density at radius 3 is 2.80 bits per heavy atom. The fourth-order valence-electron chi connectivity index (χ4n) is 0.485. The lowest BCUT2D eigenvalue weighted by atomic mass is 10.7. The van der Waals surface area contributed by atoms with E-state index in [9.17, 15) is 8.78 Å². The van der Waals surface area contributed by atoms with Gasteiger partial charge in [0.1, 0.15) is 18.9 Å². The molecule has 0 spiro atoms. The molecule has 0 aliphatic carbocycles. The molecule has 5 heteroatoms. The molecule has 0 saturated heterocycles. The lowest BCUT2D eigenvalue weighted by molar-refractivity contribution is 0.121. The summed E-state index contributed by atoms with van der Waals surface area (Å²) in [5.41, 5.74) is 0. The Labute approximate surface area is 61.4 Å². The van der Waals surface area contributed by atoms with E-state index >= 15 is 0 Å². The number of hydrogen-bond acceptors (Lipinski definition) is 1. The summed E-state index contributed by atoms with van der Waals surface area (Å²) in [6.07, 6.45) is 2.18. The van der Waals surface area contributed by atoms with E-state index in [-0.39, 0.29) is 5.02 Å². The van der Waals surface area contributed by atoms with Crippen LogP contribution < -0.4 is 0 Å². The van der Waals surface area contributed by atoms with Crippen molar-refractivity contribution in [3.05, 3.63) is 17.4 Å². The van der Waals surface area contributed by atoms with Crippen LogP contribution in [0.5, 0.6) is 0 Å². The molecule has 0 unspecified atom stereocenters. The third-order valence-electron chi connectivity index (χ3n) is 0.807. The zero-order chi connectivity index (χ0) is 7.56. The van der Waals surface area contributed by atoms with Gasteiger partial charge < -0.3 is 0 Å². The smallest absolute Gasteiger partial charge is 0.255 e. The average molecular weight is 165 g/mol. The van der Waals surface area contributed by atoms with Gasteiger partial charge in [-0.1, -0.05) is 11.6 Å². The first kappa shape index (κ1) is 7.47. The van der Waals surface area contributed by atoms with Crippen LogP contribution in [-0.4, -0.2) is 16.2 Å². The van der Waals surface area contributed by atoms with Gasteiger partial charge in [0.15, 0.2) is 0 Å². The Balaban J connectivity index is 2.58. The molecule has 2 radical (unpaired) electrons. The second kappa shape index (κ2) is 2.96. The topological polar surface area (TPSA) is 17.8 Å². The van der Waals surface area contributed by atoms with E-state index in [1.807, 2.05) is 0 Å². The van der Waals surface area contributed by atoms with Crippen molar-refractivity contribution >= 4 is 11.6 Å². The second-order valence-corrected chi connectivity index (χ2v) is 1.99. The second-order valence-electron chi connectivity index (χ2n) is 1.61. The summed E-state index contributed by atoms with van der Waals surface area (Å²) in [7, 11) is 0. The van der Waals surface area contributed by atoms with Crippen LogP contribution >= 0.6 is 11.6 Å². The first-order valence-corrected chi connectivity index (χ1v) is 2.88. The van der Waals surface area contributed by atoms with Gasteiger partial charge in [0, 0.05) is 0 Å². The number of halogens is 3. The van der Waals surface area contributed by atoms with Gasteiger partial charge in [0.05, 0.1) is 5.02 Å². The van der Waals surface area contributed by atoms with Crippen molar-refractivity contribution in [3.63, 3.8) is 0 Å². The largest absolute Gasteiger partial charge is 0.257 e. The Morgan fingerprint density at radius 1 is 1.70 bits per heavy atom. The maximum atomic E-state index is 11.6. The Bertz CT molecular complexity index is 211. The molecule has 0 saturated carbocycles. The molecular weight excluding hydrogens is 162 g/mol. The van der Waals surface area contributed by atoms with E-state index in [1.54, 1.807) is 0 Å². The van der Waals surface area contributed by atoms with Crippen LogP contribution in [0.1, 0.15) is 0 Å². The van der Waals surface area contributed by atoms with Gasteiger partial charge in [0.2, 0.25) is 0 Å². The molecule has 10 heavy (non-hydrogen) atoms. The van der Waals surface area contributed by atoms with Crippen LogP contribution in [0, 0.1) is 12.4 Å². The predicted octanol–water partition coefficient (Wildman–Crippen LogP) is 1.40. The molecule has 1 rings (SSSR count). The monoisotopic (exact) mass is 164 g/mol. The minimum atomic E-state index is -2.43. The minimum absolute atomic E-state index is 0.126. The van der Waals surface area contributed by atoms with Gasteiger partial charge >= 0.3 is 0 Å². The zero-order valence-electron chi connectivity index (χ0n) is 4.81. The van der Waals surface area contributed by atoms with E-state index in [0.717, 1.165) is 4.68 Å².